The fourth-order valence-electron chi connectivity index (χ4n) is 4.64. The summed E-state index contributed by atoms with van der Waals surface area (Å²) in [5.41, 5.74) is 6.39. The van der Waals surface area contributed by atoms with Gasteiger partial charge < -0.3 is 5.11 Å². The molecule has 3 rings (SSSR count). The van der Waals surface area contributed by atoms with E-state index in [1.807, 2.05) is 13.8 Å². The van der Waals surface area contributed by atoms with Crippen molar-refractivity contribution in [3.05, 3.63) is 51.1 Å². The van der Waals surface area contributed by atoms with Gasteiger partial charge in [0.1, 0.15) is 0 Å². The zero-order valence-corrected chi connectivity index (χ0v) is 15.5. The Labute approximate surface area is 160 Å². The number of nitrogens with zero attached hydrogens (tertiary/aromatic N) is 1. The molecule has 2 bridgehead atoms. The van der Waals surface area contributed by atoms with Crippen molar-refractivity contribution in [2.45, 2.75) is 26.7 Å². The quantitative estimate of drug-likeness (QED) is 0.410. The van der Waals surface area contributed by atoms with Crippen LogP contribution in [0.5, 0.6) is 0 Å². The summed E-state index contributed by atoms with van der Waals surface area (Å²) in [6, 6.07) is 5.10. The molecule has 4 unspecified atom stereocenters. The number of allylic oxidation sites excluding steroid dienone is 2. The van der Waals surface area contributed by atoms with Gasteiger partial charge in [0.2, 0.25) is 5.91 Å². The van der Waals surface area contributed by atoms with E-state index in [9.17, 15) is 29.6 Å². The van der Waals surface area contributed by atoms with E-state index in [4.69, 9.17) is 0 Å². The van der Waals surface area contributed by atoms with Gasteiger partial charge in [-0.3, -0.25) is 35.3 Å². The van der Waals surface area contributed by atoms with Crippen molar-refractivity contribution in [3.8, 4) is 0 Å². The van der Waals surface area contributed by atoms with E-state index < -0.39 is 34.5 Å². The van der Waals surface area contributed by atoms with Crippen LogP contribution in [0, 0.1) is 33.8 Å². The summed E-state index contributed by atoms with van der Waals surface area (Å²) in [6.07, 6.45) is 1.48. The molecule has 0 radical (unpaired) electrons. The average Bonchev–Trinajstić information content (AvgIpc) is 3.22. The second-order valence-corrected chi connectivity index (χ2v) is 7.39. The molecule has 2 fully saturated rings. The predicted octanol–water partition coefficient (Wildman–Crippen LogP) is 2.05. The van der Waals surface area contributed by atoms with Crippen LogP contribution in [-0.2, 0) is 9.59 Å². The molecule has 2 aliphatic rings. The van der Waals surface area contributed by atoms with E-state index in [0.29, 0.717) is 0 Å². The molecule has 4 atom stereocenters. The Balaban J connectivity index is 1.73. The second kappa shape index (κ2) is 7.41. The highest BCUT2D eigenvalue weighted by molar-refractivity contribution is 5.96. The number of nitro benzene ring substituents is 1. The van der Waals surface area contributed by atoms with E-state index in [-0.39, 0.29) is 23.1 Å². The summed E-state index contributed by atoms with van der Waals surface area (Å²) in [5.74, 6) is -4.17. The molecule has 1 aromatic rings. The molecule has 0 spiro atoms. The van der Waals surface area contributed by atoms with Crippen LogP contribution in [0.1, 0.15) is 37.0 Å². The van der Waals surface area contributed by atoms with Gasteiger partial charge in [0.05, 0.1) is 16.8 Å². The molecular weight excluding hydrogens is 366 g/mol. The zero-order valence-electron chi connectivity index (χ0n) is 15.5. The number of amides is 2. The molecule has 9 heteroatoms. The van der Waals surface area contributed by atoms with Crippen LogP contribution in [-0.4, -0.2) is 27.8 Å². The topological polar surface area (TPSA) is 139 Å². The average molecular weight is 387 g/mol. The summed E-state index contributed by atoms with van der Waals surface area (Å²) < 4.78 is 0. The van der Waals surface area contributed by atoms with E-state index in [1.54, 1.807) is 0 Å². The van der Waals surface area contributed by atoms with Crippen LogP contribution in [0.25, 0.3) is 0 Å². The van der Waals surface area contributed by atoms with Crippen molar-refractivity contribution in [3.63, 3.8) is 0 Å². The highest BCUT2D eigenvalue weighted by Crippen LogP contribution is 2.57. The minimum atomic E-state index is -1.02. The molecule has 0 heterocycles. The number of nitro groups is 1. The van der Waals surface area contributed by atoms with Crippen LogP contribution in [0.2, 0.25) is 0 Å². The number of benzene rings is 1. The van der Waals surface area contributed by atoms with Gasteiger partial charge in [0.15, 0.2) is 0 Å². The Hall–Kier alpha value is -3.23. The van der Waals surface area contributed by atoms with Crippen molar-refractivity contribution in [2.75, 3.05) is 0 Å². The first-order valence-electron chi connectivity index (χ1n) is 8.97. The number of hydrazine groups is 1. The van der Waals surface area contributed by atoms with Crippen LogP contribution in [0.15, 0.2) is 35.4 Å². The molecule has 0 saturated heterocycles. The number of hydrogen-bond donors (Lipinski definition) is 3. The summed E-state index contributed by atoms with van der Waals surface area (Å²) >= 11 is 0. The van der Waals surface area contributed by atoms with Gasteiger partial charge in [-0.05, 0) is 44.6 Å². The number of fused-ring (bicyclic) bond motifs is 2. The molecular formula is C19H21N3O6. The minimum absolute atomic E-state index is 0.0159. The van der Waals surface area contributed by atoms with E-state index >= 15 is 0 Å². The first-order chi connectivity index (χ1) is 13.2. The third-order valence-electron chi connectivity index (χ3n) is 5.63. The standard InChI is InChI=1S/C19H21N3O6/c1-9(2)14-12-6-7-13(14)16(19(25)26)15(12)18(24)21-20-17(23)10-4-3-5-11(8-10)22(27)28/h3-5,8,12-13,15-16H,6-7H2,1-2H3,(H,20,23)(H,21,24)(H,25,26). The highest BCUT2D eigenvalue weighted by Gasteiger charge is 2.57. The number of carbonyl (C=O) groups is 3. The maximum atomic E-state index is 12.7. The predicted molar refractivity (Wildman–Crippen MR) is 97.9 cm³/mol. The molecule has 0 aromatic heterocycles. The summed E-state index contributed by atoms with van der Waals surface area (Å²) in [5, 5.41) is 20.5. The van der Waals surface area contributed by atoms with Gasteiger partial charge in [-0.25, -0.2) is 0 Å². The maximum Gasteiger partial charge on any atom is 0.307 e. The summed E-state index contributed by atoms with van der Waals surface area (Å²) in [7, 11) is 0. The van der Waals surface area contributed by atoms with E-state index in [1.165, 1.54) is 18.2 Å². The third-order valence-corrected chi connectivity index (χ3v) is 5.63. The fourth-order valence-corrected chi connectivity index (χ4v) is 4.64. The largest absolute Gasteiger partial charge is 0.481 e. The lowest BCUT2D eigenvalue weighted by Crippen LogP contribution is -2.48. The third kappa shape index (κ3) is 3.35. The number of carbonyl (C=O) groups excluding carboxylic acids is 2. The van der Waals surface area contributed by atoms with Gasteiger partial charge in [-0.1, -0.05) is 17.2 Å². The number of nitrogens with one attached hydrogen (secondary N) is 2. The highest BCUT2D eigenvalue weighted by atomic mass is 16.6. The van der Waals surface area contributed by atoms with E-state index in [2.05, 4.69) is 10.9 Å². The SMILES string of the molecule is CC(C)=C1C2CCC1C(C(=O)NNC(=O)c1cccc([N+](=O)[O-])c1)C2C(=O)O. The lowest BCUT2D eigenvalue weighted by molar-refractivity contribution is -0.384. The Morgan fingerprint density at radius 2 is 1.75 bits per heavy atom. The molecule has 3 N–H and O–H groups in total. The Morgan fingerprint density at radius 1 is 1.11 bits per heavy atom. The van der Waals surface area contributed by atoms with Crippen LogP contribution in [0.4, 0.5) is 5.69 Å². The van der Waals surface area contributed by atoms with Crippen molar-refractivity contribution in [2.24, 2.45) is 23.7 Å². The van der Waals surface area contributed by atoms with Crippen molar-refractivity contribution in [1.29, 1.82) is 0 Å². The Kier molecular flexibility index (Phi) is 5.17. The summed E-state index contributed by atoms with van der Waals surface area (Å²) in [4.78, 5) is 46.9. The fraction of sp³-hybridized carbons (Fsp3) is 0.421. The lowest BCUT2D eigenvalue weighted by atomic mass is 9.79. The molecule has 148 valence electrons. The molecule has 9 nitrogen and oxygen atoms in total. The first-order valence-corrected chi connectivity index (χ1v) is 8.97. The number of hydrogen-bond acceptors (Lipinski definition) is 5. The van der Waals surface area contributed by atoms with Gasteiger partial charge >= 0.3 is 5.97 Å². The second-order valence-electron chi connectivity index (χ2n) is 7.39. The maximum absolute atomic E-state index is 12.7. The monoisotopic (exact) mass is 387 g/mol. The molecule has 0 aliphatic heterocycles. The van der Waals surface area contributed by atoms with Crippen LogP contribution >= 0.6 is 0 Å². The van der Waals surface area contributed by atoms with Gasteiger partial charge in [0.25, 0.3) is 11.6 Å². The Bertz CT molecular complexity index is 889. The molecule has 2 aliphatic carbocycles. The number of rotatable bonds is 4. The van der Waals surface area contributed by atoms with E-state index in [0.717, 1.165) is 30.1 Å². The van der Waals surface area contributed by atoms with Gasteiger partial charge in [0, 0.05) is 17.7 Å². The molecule has 1 aromatic carbocycles. The Morgan fingerprint density at radius 3 is 2.32 bits per heavy atom. The number of non-ortho nitro benzene ring substituents is 1. The normalized spacial score (nSPS) is 25.3. The lowest BCUT2D eigenvalue weighted by Gasteiger charge is -2.26. The molecule has 2 amide bonds. The smallest absolute Gasteiger partial charge is 0.307 e. The summed E-state index contributed by atoms with van der Waals surface area (Å²) in [6.45, 7) is 3.84. The molecule has 28 heavy (non-hydrogen) atoms. The zero-order chi connectivity index (χ0) is 20.6. The number of carboxylic acid groups (broad SMARTS) is 1. The van der Waals surface area contributed by atoms with Gasteiger partial charge in [-0.2, -0.15) is 0 Å². The van der Waals surface area contributed by atoms with Gasteiger partial charge in [-0.15, -0.1) is 0 Å². The van der Waals surface area contributed by atoms with Crippen molar-refractivity contribution >= 4 is 23.5 Å². The van der Waals surface area contributed by atoms with Crippen molar-refractivity contribution in [1.82, 2.24) is 10.9 Å². The number of aliphatic carboxylic acids is 1. The first kappa shape index (κ1) is 19.5. The van der Waals surface area contributed by atoms with Crippen LogP contribution < -0.4 is 10.9 Å². The number of carboxylic acids is 1. The molecule has 2 saturated carbocycles. The minimum Gasteiger partial charge on any atom is -0.481 e. The van der Waals surface area contributed by atoms with Crippen LogP contribution in [0.3, 0.4) is 0 Å². The van der Waals surface area contributed by atoms with Crippen molar-refractivity contribution < 1.29 is 24.4 Å².